The summed E-state index contributed by atoms with van der Waals surface area (Å²) >= 11 is 0. The van der Waals surface area contributed by atoms with Crippen LogP contribution in [0.4, 0.5) is 0 Å². The summed E-state index contributed by atoms with van der Waals surface area (Å²) in [6.45, 7) is 4.30. The van der Waals surface area contributed by atoms with E-state index in [0.29, 0.717) is 0 Å². The second-order valence-electron chi connectivity index (χ2n) is 0.955. The van der Waals surface area contributed by atoms with Crippen LogP contribution in [0.3, 0.4) is 0 Å². The number of hydrogen-bond acceptors (Lipinski definition) is 4. The maximum absolute atomic E-state index is 10.1. The molecule has 0 saturated carbocycles. The van der Waals surface area contributed by atoms with Gasteiger partial charge in [0.05, 0.1) is 13.8 Å². The lowest BCUT2D eigenvalue weighted by atomic mass is 10.7. The van der Waals surface area contributed by atoms with Crippen molar-refractivity contribution in [1.29, 1.82) is 0 Å². The third-order valence-corrected chi connectivity index (χ3v) is 0.485. The highest BCUT2D eigenvalue weighted by Gasteiger charge is 1.96. The standard InChI is InChI=1S/C4H6NO3/c1-5-8-3-4(6)7-2/h1H,3H2,2H3. The van der Waals surface area contributed by atoms with Gasteiger partial charge in [0.25, 0.3) is 0 Å². The van der Waals surface area contributed by atoms with Crippen LogP contribution in [0.1, 0.15) is 0 Å². The normalized spacial score (nSPS) is 7.62. The van der Waals surface area contributed by atoms with Gasteiger partial charge in [0, 0.05) is 0 Å². The maximum Gasteiger partial charge on any atom is 0.346 e. The van der Waals surface area contributed by atoms with Crippen molar-refractivity contribution >= 4 is 12.7 Å². The minimum Gasteiger partial charge on any atom is -0.466 e. The fourth-order valence-electron chi connectivity index (χ4n) is 0.149. The van der Waals surface area contributed by atoms with E-state index in [1.165, 1.54) is 7.11 Å². The van der Waals surface area contributed by atoms with E-state index in [-0.39, 0.29) is 6.61 Å². The summed E-state index contributed by atoms with van der Waals surface area (Å²) in [5.74, 6) is -0.501. The second kappa shape index (κ2) is 4.11. The molecule has 0 rings (SSSR count). The highest BCUT2D eigenvalue weighted by atomic mass is 16.6. The second-order valence-corrected chi connectivity index (χ2v) is 0.955. The molecule has 4 heteroatoms. The van der Waals surface area contributed by atoms with E-state index in [2.05, 4.69) is 21.4 Å². The first-order valence-electron chi connectivity index (χ1n) is 1.90. The van der Waals surface area contributed by atoms with E-state index in [4.69, 9.17) is 0 Å². The molecule has 0 aliphatic carbocycles. The molecular formula is C4H6NO3. The Morgan fingerprint density at radius 2 is 2.50 bits per heavy atom. The summed E-state index contributed by atoms with van der Waals surface area (Å²) in [7, 11) is 1.25. The maximum atomic E-state index is 10.1. The van der Waals surface area contributed by atoms with Crippen molar-refractivity contribution in [3.05, 3.63) is 0 Å². The molecule has 0 saturated heterocycles. The summed E-state index contributed by atoms with van der Waals surface area (Å²) in [6, 6.07) is 0. The molecule has 4 nitrogen and oxygen atoms in total. The number of carbonyl (C=O) groups excluding carboxylic acids is 1. The molecule has 1 radical (unpaired) electrons. The first-order valence-corrected chi connectivity index (χ1v) is 1.90. The van der Waals surface area contributed by atoms with Gasteiger partial charge in [-0.3, -0.25) is 0 Å². The number of carbonyl (C=O) groups is 1. The molecule has 0 aliphatic heterocycles. The lowest BCUT2D eigenvalue weighted by Crippen LogP contribution is -2.06. The fourth-order valence-corrected chi connectivity index (χ4v) is 0.149. The molecule has 0 aliphatic rings. The summed E-state index contributed by atoms with van der Waals surface area (Å²) in [6.07, 6.45) is 0. The Balaban J connectivity index is 3.11. The third kappa shape index (κ3) is 3.14. The van der Waals surface area contributed by atoms with Crippen molar-refractivity contribution in [1.82, 2.24) is 0 Å². The third-order valence-electron chi connectivity index (χ3n) is 0.485. The van der Waals surface area contributed by atoms with Gasteiger partial charge in [-0.1, -0.05) is 5.16 Å². The Kier molecular flexibility index (Phi) is 3.56. The van der Waals surface area contributed by atoms with E-state index in [1.807, 2.05) is 0 Å². The molecule has 0 aromatic rings. The predicted molar refractivity (Wildman–Crippen MR) is 26.5 cm³/mol. The molecule has 45 valence electrons. The average molecular weight is 116 g/mol. The minimum absolute atomic E-state index is 0.229. The monoisotopic (exact) mass is 116 g/mol. The molecular weight excluding hydrogens is 110 g/mol. The van der Waals surface area contributed by atoms with Gasteiger partial charge in [-0.2, -0.15) is 0 Å². The number of hydrogen-bond donors (Lipinski definition) is 0. The Bertz CT molecular complexity index is 91.3. The Labute approximate surface area is 47.1 Å². The van der Waals surface area contributed by atoms with Crippen molar-refractivity contribution < 1.29 is 14.4 Å². The zero-order valence-electron chi connectivity index (χ0n) is 4.46. The molecule has 0 N–H and O–H groups in total. The van der Waals surface area contributed by atoms with Gasteiger partial charge in [0.15, 0.2) is 0 Å². The van der Waals surface area contributed by atoms with Crippen molar-refractivity contribution in [2.75, 3.05) is 13.7 Å². The molecule has 0 fully saturated rings. The molecule has 0 amide bonds. The van der Waals surface area contributed by atoms with Crippen LogP contribution in [0, 0.1) is 0 Å². The average Bonchev–Trinajstić information content (AvgIpc) is 1.83. The molecule has 0 atom stereocenters. The van der Waals surface area contributed by atoms with Crippen LogP contribution in [0.25, 0.3) is 0 Å². The van der Waals surface area contributed by atoms with Gasteiger partial charge in [-0.05, 0) is 0 Å². The largest absolute Gasteiger partial charge is 0.466 e. The molecule has 0 aromatic carbocycles. The van der Waals surface area contributed by atoms with Gasteiger partial charge in [-0.25, -0.2) is 4.79 Å². The summed E-state index contributed by atoms with van der Waals surface area (Å²) in [4.78, 5) is 14.2. The zero-order valence-corrected chi connectivity index (χ0v) is 4.46. The SMILES string of the molecule is [CH]=NOCC(=O)OC. The van der Waals surface area contributed by atoms with Crippen molar-refractivity contribution in [3.63, 3.8) is 0 Å². The van der Waals surface area contributed by atoms with E-state index in [9.17, 15) is 4.79 Å². The van der Waals surface area contributed by atoms with Gasteiger partial charge < -0.3 is 9.57 Å². The topological polar surface area (TPSA) is 47.9 Å². The summed E-state index contributed by atoms with van der Waals surface area (Å²) in [5, 5.41) is 2.72. The number of esters is 1. The number of ether oxygens (including phenoxy) is 1. The van der Waals surface area contributed by atoms with E-state index in [0.717, 1.165) is 0 Å². The zero-order chi connectivity index (χ0) is 6.41. The van der Waals surface area contributed by atoms with Crippen LogP contribution < -0.4 is 0 Å². The molecule has 8 heavy (non-hydrogen) atoms. The van der Waals surface area contributed by atoms with Crippen LogP contribution in [-0.2, 0) is 14.4 Å². The smallest absolute Gasteiger partial charge is 0.346 e. The van der Waals surface area contributed by atoms with Crippen molar-refractivity contribution in [3.8, 4) is 0 Å². The number of methoxy groups -OCH3 is 1. The molecule has 0 unspecified atom stereocenters. The Hall–Kier alpha value is -1.06. The Morgan fingerprint density at radius 1 is 1.88 bits per heavy atom. The van der Waals surface area contributed by atoms with Crippen LogP contribution in [0.2, 0.25) is 0 Å². The van der Waals surface area contributed by atoms with Crippen molar-refractivity contribution in [2.45, 2.75) is 0 Å². The van der Waals surface area contributed by atoms with Gasteiger partial charge in [0.1, 0.15) is 0 Å². The predicted octanol–water partition coefficient (Wildman–Crippen LogP) is -0.331. The lowest BCUT2D eigenvalue weighted by molar-refractivity contribution is -0.145. The van der Waals surface area contributed by atoms with Crippen molar-refractivity contribution in [2.24, 2.45) is 5.16 Å². The fraction of sp³-hybridized carbons (Fsp3) is 0.500. The quantitative estimate of drug-likeness (QED) is 0.288. The van der Waals surface area contributed by atoms with Crippen LogP contribution in [0.15, 0.2) is 5.16 Å². The first kappa shape index (κ1) is 6.94. The van der Waals surface area contributed by atoms with E-state index >= 15 is 0 Å². The highest BCUT2D eigenvalue weighted by Crippen LogP contribution is 1.75. The minimum atomic E-state index is -0.501. The van der Waals surface area contributed by atoms with Gasteiger partial charge in [0.2, 0.25) is 6.61 Å². The van der Waals surface area contributed by atoms with Gasteiger partial charge >= 0.3 is 5.97 Å². The lowest BCUT2D eigenvalue weighted by Gasteiger charge is -1.93. The summed E-state index contributed by atoms with van der Waals surface area (Å²) in [5.41, 5.74) is 0. The number of nitrogens with zero attached hydrogens (tertiary/aromatic N) is 1. The molecule has 0 spiro atoms. The molecule has 0 heterocycles. The molecule has 0 aromatic heterocycles. The molecule has 0 bridgehead atoms. The van der Waals surface area contributed by atoms with Gasteiger partial charge in [-0.15, -0.1) is 0 Å². The van der Waals surface area contributed by atoms with Crippen LogP contribution >= 0.6 is 0 Å². The highest BCUT2D eigenvalue weighted by molar-refractivity contribution is 5.70. The van der Waals surface area contributed by atoms with Crippen LogP contribution in [0.5, 0.6) is 0 Å². The number of rotatable bonds is 3. The first-order chi connectivity index (χ1) is 3.81. The van der Waals surface area contributed by atoms with E-state index in [1.54, 1.807) is 0 Å². The van der Waals surface area contributed by atoms with Crippen LogP contribution in [-0.4, -0.2) is 26.4 Å². The Morgan fingerprint density at radius 3 is 2.88 bits per heavy atom. The summed E-state index contributed by atoms with van der Waals surface area (Å²) < 4.78 is 4.17. The van der Waals surface area contributed by atoms with E-state index < -0.39 is 5.97 Å².